The average Bonchev–Trinajstić information content (AvgIpc) is 2.69. The molecule has 0 aliphatic carbocycles. The summed E-state index contributed by atoms with van der Waals surface area (Å²) in [5, 5.41) is 17.0. The zero-order chi connectivity index (χ0) is 21.6. The van der Waals surface area contributed by atoms with Crippen LogP contribution in [0.2, 0.25) is 0 Å². The molecule has 0 radical (unpaired) electrons. The second-order valence-electron chi connectivity index (χ2n) is 5.60. The highest BCUT2D eigenvalue weighted by atomic mass is 19.1. The molecular weight excluding hydrogens is 388 g/mol. The van der Waals surface area contributed by atoms with Gasteiger partial charge in [0.2, 0.25) is 6.41 Å². The number of hydrogen-bond acceptors (Lipinski definition) is 5. The predicted molar refractivity (Wildman–Crippen MR) is 99.3 cm³/mol. The Balaban J connectivity index is 2.22. The Morgan fingerprint density at radius 2 is 1.66 bits per heavy atom. The van der Waals surface area contributed by atoms with Crippen molar-refractivity contribution >= 4 is 29.8 Å². The van der Waals surface area contributed by atoms with Crippen molar-refractivity contribution in [1.82, 2.24) is 5.01 Å². The Labute approximate surface area is 164 Å². The SMILES string of the molecule is CCN(C(=O)N(C=O)/N=N\N(C)c1c(F)cccc1F)c1ccc(C(=O)O)cc1. The number of aromatic carboxylic acids is 1. The van der Waals surface area contributed by atoms with Crippen LogP contribution in [0.5, 0.6) is 0 Å². The van der Waals surface area contributed by atoms with Crippen LogP contribution in [0.3, 0.4) is 0 Å². The van der Waals surface area contributed by atoms with E-state index >= 15 is 0 Å². The van der Waals surface area contributed by atoms with E-state index < -0.39 is 29.3 Å². The van der Waals surface area contributed by atoms with Gasteiger partial charge in [-0.2, -0.15) is 0 Å². The summed E-state index contributed by atoms with van der Waals surface area (Å²) in [7, 11) is 1.20. The van der Waals surface area contributed by atoms with Gasteiger partial charge < -0.3 is 5.11 Å². The normalized spacial score (nSPS) is 10.6. The largest absolute Gasteiger partial charge is 0.478 e. The molecular formula is C18H17F2N5O4. The van der Waals surface area contributed by atoms with Crippen molar-refractivity contribution in [3.05, 3.63) is 59.7 Å². The highest BCUT2D eigenvalue weighted by molar-refractivity contribution is 5.97. The molecule has 1 N–H and O–H groups in total. The average molecular weight is 405 g/mol. The maximum absolute atomic E-state index is 13.8. The van der Waals surface area contributed by atoms with E-state index in [-0.39, 0.29) is 18.5 Å². The number of nitrogens with zero attached hydrogens (tertiary/aromatic N) is 5. The van der Waals surface area contributed by atoms with Gasteiger partial charge in [-0.1, -0.05) is 6.07 Å². The maximum Gasteiger partial charge on any atom is 0.353 e. The van der Waals surface area contributed by atoms with Crippen molar-refractivity contribution in [2.45, 2.75) is 6.92 Å². The summed E-state index contributed by atoms with van der Waals surface area (Å²) in [5.74, 6) is -2.93. The summed E-state index contributed by atoms with van der Waals surface area (Å²) < 4.78 is 27.6. The zero-order valence-corrected chi connectivity index (χ0v) is 15.5. The number of urea groups is 1. The Kier molecular flexibility index (Phi) is 6.90. The molecule has 0 atom stereocenters. The summed E-state index contributed by atoms with van der Waals surface area (Å²) in [6, 6.07) is 7.72. The summed E-state index contributed by atoms with van der Waals surface area (Å²) in [4.78, 5) is 36.0. The lowest BCUT2D eigenvalue weighted by molar-refractivity contribution is -0.115. The molecule has 0 saturated carbocycles. The van der Waals surface area contributed by atoms with Gasteiger partial charge in [0.25, 0.3) is 0 Å². The van der Waals surface area contributed by atoms with Gasteiger partial charge in [0.1, 0.15) is 5.69 Å². The number of carbonyl (C=O) groups is 3. The molecule has 9 nitrogen and oxygen atoms in total. The van der Waals surface area contributed by atoms with Gasteiger partial charge in [-0.25, -0.2) is 23.4 Å². The molecule has 2 rings (SSSR count). The molecule has 3 amide bonds. The summed E-state index contributed by atoms with van der Waals surface area (Å²) in [6.45, 7) is 1.76. The summed E-state index contributed by atoms with van der Waals surface area (Å²) in [6.07, 6.45) is 0.0889. The molecule has 0 unspecified atom stereocenters. The van der Waals surface area contributed by atoms with Gasteiger partial charge in [-0.05, 0) is 53.8 Å². The molecule has 0 saturated heterocycles. The third-order valence-electron chi connectivity index (χ3n) is 3.80. The van der Waals surface area contributed by atoms with Gasteiger partial charge in [0.15, 0.2) is 11.6 Å². The topological polar surface area (TPSA) is 106 Å². The molecule has 0 heterocycles. The van der Waals surface area contributed by atoms with Crippen molar-refractivity contribution in [3.63, 3.8) is 0 Å². The van der Waals surface area contributed by atoms with E-state index in [2.05, 4.69) is 10.4 Å². The standard InChI is InChI=1S/C18H17F2N5O4/c1-3-24(13-9-7-12(8-10-13)17(27)28)18(29)25(11-26)22-21-23(2)16-14(19)5-4-6-15(16)20/h4-11H,3H2,1-2H3,(H,27,28)/b22-21-. The van der Waals surface area contributed by atoms with Crippen molar-refractivity contribution in [2.75, 3.05) is 23.5 Å². The lowest BCUT2D eigenvalue weighted by Gasteiger charge is -2.23. The van der Waals surface area contributed by atoms with E-state index in [0.29, 0.717) is 10.7 Å². The van der Waals surface area contributed by atoms with Crippen LogP contribution in [0.25, 0.3) is 0 Å². The minimum atomic E-state index is -1.13. The third kappa shape index (κ3) is 4.89. The van der Waals surface area contributed by atoms with Crippen LogP contribution in [-0.2, 0) is 4.79 Å². The van der Waals surface area contributed by atoms with Crippen LogP contribution < -0.4 is 9.91 Å². The smallest absolute Gasteiger partial charge is 0.353 e. The quantitative estimate of drug-likeness (QED) is 0.431. The van der Waals surface area contributed by atoms with E-state index in [9.17, 15) is 23.2 Å². The van der Waals surface area contributed by atoms with Gasteiger partial charge in [0, 0.05) is 19.3 Å². The fourth-order valence-electron chi connectivity index (χ4n) is 2.39. The summed E-state index contributed by atoms with van der Waals surface area (Å²) in [5.41, 5.74) is -0.165. The Bertz CT molecular complexity index is 916. The van der Waals surface area contributed by atoms with Gasteiger partial charge >= 0.3 is 12.0 Å². The van der Waals surface area contributed by atoms with Crippen molar-refractivity contribution in [1.29, 1.82) is 0 Å². The fourth-order valence-corrected chi connectivity index (χ4v) is 2.39. The van der Waals surface area contributed by atoms with Gasteiger partial charge in [0.05, 0.1) is 5.56 Å². The third-order valence-corrected chi connectivity index (χ3v) is 3.80. The number of carboxylic acids is 1. The first-order valence-electron chi connectivity index (χ1n) is 8.28. The monoisotopic (exact) mass is 405 g/mol. The fraction of sp³-hybridized carbons (Fsp3) is 0.167. The highest BCUT2D eigenvalue weighted by Gasteiger charge is 2.22. The first-order chi connectivity index (χ1) is 13.8. The Hall–Kier alpha value is -3.89. The number of para-hydroxylation sites is 1. The van der Waals surface area contributed by atoms with Crippen LogP contribution in [0, 0.1) is 11.6 Å². The first-order valence-corrected chi connectivity index (χ1v) is 8.28. The van der Waals surface area contributed by atoms with E-state index in [1.165, 1.54) is 37.4 Å². The number of carbonyl (C=O) groups excluding carboxylic acids is 2. The molecule has 0 aliphatic heterocycles. The highest BCUT2D eigenvalue weighted by Crippen LogP contribution is 2.22. The van der Waals surface area contributed by atoms with E-state index in [1.807, 2.05) is 0 Å². The number of imide groups is 1. The minimum absolute atomic E-state index is 0.0257. The predicted octanol–water partition coefficient (Wildman–Crippen LogP) is 3.49. The Morgan fingerprint density at radius 1 is 1.07 bits per heavy atom. The number of anilines is 2. The maximum atomic E-state index is 13.8. The second-order valence-corrected chi connectivity index (χ2v) is 5.60. The Morgan fingerprint density at radius 3 is 2.14 bits per heavy atom. The molecule has 0 spiro atoms. The zero-order valence-electron chi connectivity index (χ0n) is 15.5. The molecule has 11 heteroatoms. The minimum Gasteiger partial charge on any atom is -0.478 e. The molecule has 0 aliphatic rings. The molecule has 0 aromatic heterocycles. The van der Waals surface area contributed by atoms with Crippen LogP contribution >= 0.6 is 0 Å². The lowest BCUT2D eigenvalue weighted by atomic mass is 10.2. The van der Waals surface area contributed by atoms with Crippen LogP contribution in [0.1, 0.15) is 17.3 Å². The molecule has 2 aromatic carbocycles. The van der Waals surface area contributed by atoms with Crippen molar-refractivity contribution < 1.29 is 28.3 Å². The number of benzene rings is 2. The number of hydrogen-bond donors (Lipinski definition) is 1. The molecule has 29 heavy (non-hydrogen) atoms. The summed E-state index contributed by atoms with van der Waals surface area (Å²) >= 11 is 0. The molecule has 2 aromatic rings. The molecule has 152 valence electrons. The number of amides is 3. The number of carboxylic acid groups (broad SMARTS) is 1. The van der Waals surface area contributed by atoms with E-state index in [4.69, 9.17) is 5.11 Å². The molecule has 0 fully saturated rings. The first kappa shape index (κ1) is 21.4. The van der Waals surface area contributed by atoms with Crippen LogP contribution in [0.4, 0.5) is 25.0 Å². The van der Waals surface area contributed by atoms with Crippen LogP contribution in [0.15, 0.2) is 52.9 Å². The van der Waals surface area contributed by atoms with Crippen molar-refractivity contribution in [2.24, 2.45) is 10.4 Å². The number of halogens is 2. The van der Waals surface area contributed by atoms with E-state index in [1.54, 1.807) is 6.92 Å². The van der Waals surface area contributed by atoms with Crippen molar-refractivity contribution in [3.8, 4) is 0 Å². The van der Waals surface area contributed by atoms with Gasteiger partial charge in [-0.15, -0.1) is 5.01 Å². The van der Waals surface area contributed by atoms with Gasteiger partial charge in [-0.3, -0.25) is 9.69 Å². The number of rotatable bonds is 7. The van der Waals surface area contributed by atoms with Crippen LogP contribution in [-0.4, -0.2) is 42.1 Å². The second kappa shape index (κ2) is 9.35. The molecule has 0 bridgehead atoms. The van der Waals surface area contributed by atoms with E-state index in [0.717, 1.165) is 22.0 Å². The lowest BCUT2D eigenvalue weighted by Crippen LogP contribution is -2.40.